The van der Waals surface area contributed by atoms with Crippen LogP contribution in [0.3, 0.4) is 0 Å². The Labute approximate surface area is 155 Å². The van der Waals surface area contributed by atoms with Crippen molar-refractivity contribution in [3.05, 3.63) is 35.9 Å². The maximum atomic E-state index is 11.7. The third-order valence-corrected chi connectivity index (χ3v) is 5.73. The van der Waals surface area contributed by atoms with E-state index in [4.69, 9.17) is 5.73 Å². The zero-order chi connectivity index (χ0) is 18.4. The van der Waals surface area contributed by atoms with Crippen molar-refractivity contribution in [2.45, 2.75) is 44.7 Å². The Balaban J connectivity index is 1.44. The van der Waals surface area contributed by atoms with Gasteiger partial charge in [-0.2, -0.15) is 0 Å². The minimum Gasteiger partial charge on any atom is -0.351 e. The van der Waals surface area contributed by atoms with Gasteiger partial charge in [0.15, 0.2) is 0 Å². The smallest absolute Gasteiger partial charge is 0.318 e. The molecule has 0 unspecified atom stereocenters. The van der Waals surface area contributed by atoms with E-state index in [-0.39, 0.29) is 5.91 Å². The molecule has 6 nitrogen and oxygen atoms in total. The molecule has 142 valence electrons. The van der Waals surface area contributed by atoms with E-state index in [9.17, 15) is 9.59 Å². The molecule has 1 aromatic rings. The molecule has 0 bridgehead atoms. The Kier molecular flexibility index (Phi) is 6.63. The summed E-state index contributed by atoms with van der Waals surface area (Å²) in [6.07, 6.45) is 5.21. The number of nitrogens with zero attached hydrogens (tertiary/aromatic N) is 2. The van der Waals surface area contributed by atoms with Crippen LogP contribution in [0.15, 0.2) is 30.3 Å². The summed E-state index contributed by atoms with van der Waals surface area (Å²) in [4.78, 5) is 27.4. The Hall–Kier alpha value is -1.92. The minimum absolute atomic E-state index is 0.277. The number of hydrogen-bond acceptors (Lipinski definition) is 4. The van der Waals surface area contributed by atoms with Gasteiger partial charge in [0.25, 0.3) is 0 Å². The molecule has 3 N–H and O–H groups in total. The van der Waals surface area contributed by atoms with Gasteiger partial charge in [0.05, 0.1) is 0 Å². The first-order valence-corrected chi connectivity index (χ1v) is 9.71. The predicted molar refractivity (Wildman–Crippen MR) is 101 cm³/mol. The first-order chi connectivity index (χ1) is 12.6. The van der Waals surface area contributed by atoms with Crippen LogP contribution in [0.2, 0.25) is 0 Å². The first-order valence-electron chi connectivity index (χ1n) is 9.71. The van der Waals surface area contributed by atoms with Gasteiger partial charge in [-0.25, -0.2) is 4.79 Å². The van der Waals surface area contributed by atoms with Crippen LogP contribution in [0.1, 0.15) is 37.7 Å². The highest BCUT2D eigenvalue weighted by Crippen LogP contribution is 2.31. The van der Waals surface area contributed by atoms with Crippen LogP contribution in [-0.4, -0.2) is 54.0 Å². The third kappa shape index (κ3) is 5.29. The molecular weight excluding hydrogens is 328 g/mol. The van der Waals surface area contributed by atoms with Crippen molar-refractivity contribution < 1.29 is 9.59 Å². The molecule has 2 heterocycles. The fourth-order valence-electron chi connectivity index (χ4n) is 4.45. The van der Waals surface area contributed by atoms with Crippen molar-refractivity contribution >= 4 is 11.9 Å². The van der Waals surface area contributed by atoms with E-state index in [1.165, 1.54) is 31.2 Å². The van der Waals surface area contributed by atoms with Crippen LogP contribution >= 0.6 is 0 Å². The van der Waals surface area contributed by atoms with E-state index in [1.807, 2.05) is 0 Å². The van der Waals surface area contributed by atoms with Crippen molar-refractivity contribution in [2.75, 3.05) is 26.2 Å². The fraction of sp³-hybridized carbons (Fsp3) is 0.600. The van der Waals surface area contributed by atoms with Crippen LogP contribution < -0.4 is 11.1 Å². The quantitative estimate of drug-likeness (QED) is 0.815. The average molecular weight is 358 g/mol. The summed E-state index contributed by atoms with van der Waals surface area (Å²) >= 11 is 0. The summed E-state index contributed by atoms with van der Waals surface area (Å²) in [5.41, 5.74) is 6.38. The summed E-state index contributed by atoms with van der Waals surface area (Å²) in [5, 5.41) is 2.16. The number of nitrogens with one attached hydrogen (secondary N) is 1. The first kappa shape index (κ1) is 18.9. The molecule has 6 heteroatoms. The molecule has 0 spiro atoms. The molecule has 2 saturated heterocycles. The minimum atomic E-state index is -0.765. The second-order valence-corrected chi connectivity index (χ2v) is 7.51. The molecular formula is C20H30N4O2. The molecule has 26 heavy (non-hydrogen) atoms. The zero-order valence-electron chi connectivity index (χ0n) is 15.4. The van der Waals surface area contributed by atoms with E-state index in [0.29, 0.717) is 24.9 Å². The molecule has 3 rings (SSSR count). The van der Waals surface area contributed by atoms with E-state index >= 15 is 0 Å². The topological polar surface area (TPSA) is 78.7 Å². The highest BCUT2D eigenvalue weighted by Gasteiger charge is 2.33. The number of imide groups is 1. The molecule has 2 fully saturated rings. The number of primary amides is 1. The van der Waals surface area contributed by atoms with Crippen LogP contribution in [-0.2, 0) is 11.3 Å². The lowest BCUT2D eigenvalue weighted by atomic mass is 9.87. The number of hydrogen-bond donors (Lipinski definition) is 2. The van der Waals surface area contributed by atoms with Gasteiger partial charge in [0, 0.05) is 25.6 Å². The number of carbonyl (C=O) groups is 2. The normalized spacial score (nSPS) is 22.4. The van der Waals surface area contributed by atoms with Gasteiger partial charge in [-0.15, -0.1) is 0 Å². The lowest BCUT2D eigenvalue weighted by Gasteiger charge is -2.38. The SMILES string of the molecule is NC(=O)NC(=O)CCN1CCC[C@@H]1C1CCN(Cc2ccccc2)CC1. The molecule has 2 aliphatic heterocycles. The number of likely N-dealkylation sites (tertiary alicyclic amines) is 2. The van der Waals surface area contributed by atoms with Gasteiger partial charge in [0.2, 0.25) is 5.91 Å². The highest BCUT2D eigenvalue weighted by atomic mass is 16.2. The number of carbonyl (C=O) groups excluding carboxylic acids is 2. The highest BCUT2D eigenvalue weighted by molar-refractivity contribution is 5.93. The monoisotopic (exact) mass is 358 g/mol. The van der Waals surface area contributed by atoms with Crippen molar-refractivity contribution in [3.8, 4) is 0 Å². The fourth-order valence-corrected chi connectivity index (χ4v) is 4.45. The summed E-state index contributed by atoms with van der Waals surface area (Å²) in [6, 6.07) is 10.5. The van der Waals surface area contributed by atoms with Crippen molar-refractivity contribution in [1.82, 2.24) is 15.1 Å². The van der Waals surface area contributed by atoms with Crippen LogP contribution in [0.4, 0.5) is 4.79 Å². The summed E-state index contributed by atoms with van der Waals surface area (Å²) < 4.78 is 0. The van der Waals surface area contributed by atoms with E-state index in [1.54, 1.807) is 0 Å². The largest absolute Gasteiger partial charge is 0.351 e. The lowest BCUT2D eigenvalue weighted by molar-refractivity contribution is -0.120. The van der Waals surface area contributed by atoms with E-state index in [0.717, 1.165) is 26.2 Å². The van der Waals surface area contributed by atoms with Gasteiger partial charge >= 0.3 is 6.03 Å². The molecule has 0 aromatic heterocycles. The molecule has 1 atom stereocenters. The maximum absolute atomic E-state index is 11.7. The maximum Gasteiger partial charge on any atom is 0.318 e. The number of amides is 3. The van der Waals surface area contributed by atoms with Gasteiger partial charge in [-0.1, -0.05) is 30.3 Å². The van der Waals surface area contributed by atoms with Crippen LogP contribution in [0.25, 0.3) is 0 Å². The number of benzene rings is 1. The average Bonchev–Trinajstić information content (AvgIpc) is 3.09. The van der Waals surface area contributed by atoms with E-state index < -0.39 is 6.03 Å². The van der Waals surface area contributed by atoms with Crippen molar-refractivity contribution in [2.24, 2.45) is 11.7 Å². The summed E-state index contributed by atoms with van der Waals surface area (Å²) in [7, 11) is 0. The van der Waals surface area contributed by atoms with Crippen molar-refractivity contribution in [1.29, 1.82) is 0 Å². The van der Waals surface area contributed by atoms with Crippen LogP contribution in [0, 0.1) is 5.92 Å². The standard InChI is InChI=1S/C20H30N4O2/c21-20(26)22-19(25)10-14-24-11-4-7-18(24)17-8-12-23(13-9-17)15-16-5-2-1-3-6-16/h1-3,5-6,17-18H,4,7-15H2,(H3,21,22,25,26)/t18-/m1/s1. The Bertz CT molecular complexity index is 599. The van der Waals surface area contributed by atoms with E-state index in [2.05, 4.69) is 45.4 Å². The third-order valence-electron chi connectivity index (χ3n) is 5.73. The summed E-state index contributed by atoms with van der Waals surface area (Å²) in [6.45, 7) is 5.10. The molecule has 0 saturated carbocycles. The van der Waals surface area contributed by atoms with Gasteiger partial charge in [0.1, 0.15) is 0 Å². The Morgan fingerprint density at radius 3 is 2.50 bits per heavy atom. The molecule has 3 amide bonds. The molecule has 0 radical (unpaired) electrons. The van der Waals surface area contributed by atoms with Gasteiger partial charge < -0.3 is 5.73 Å². The van der Waals surface area contributed by atoms with Gasteiger partial charge in [-0.3, -0.25) is 19.9 Å². The number of piperidine rings is 1. The predicted octanol–water partition coefficient (Wildman–Crippen LogP) is 1.95. The second-order valence-electron chi connectivity index (χ2n) is 7.51. The zero-order valence-corrected chi connectivity index (χ0v) is 15.4. The number of nitrogens with two attached hydrogens (primary N) is 1. The summed E-state index contributed by atoms with van der Waals surface area (Å²) in [5.74, 6) is 0.435. The molecule has 1 aromatic carbocycles. The Morgan fingerprint density at radius 1 is 1.08 bits per heavy atom. The van der Waals surface area contributed by atoms with Crippen LogP contribution in [0.5, 0.6) is 0 Å². The lowest BCUT2D eigenvalue weighted by Crippen LogP contribution is -2.44. The second kappa shape index (κ2) is 9.14. The molecule has 0 aliphatic carbocycles. The van der Waals surface area contributed by atoms with Gasteiger partial charge in [-0.05, 0) is 56.8 Å². The Morgan fingerprint density at radius 2 is 1.81 bits per heavy atom. The number of urea groups is 1. The van der Waals surface area contributed by atoms with Crippen molar-refractivity contribution in [3.63, 3.8) is 0 Å². The number of rotatable bonds is 6. The molecule has 2 aliphatic rings.